The average Bonchev–Trinajstić information content (AvgIpc) is 2.52. The van der Waals surface area contributed by atoms with Gasteiger partial charge in [0.1, 0.15) is 0 Å². The van der Waals surface area contributed by atoms with Gasteiger partial charge in [-0.3, -0.25) is 4.79 Å². The Labute approximate surface area is 106 Å². The zero-order chi connectivity index (χ0) is 12.7. The summed E-state index contributed by atoms with van der Waals surface area (Å²) in [4.78, 5) is 14.3. The SMILES string of the molecule is CCC1CCCCCN1C(=O)CCNC(C)C. The van der Waals surface area contributed by atoms with Crippen LogP contribution >= 0.6 is 0 Å². The van der Waals surface area contributed by atoms with Gasteiger partial charge in [-0.25, -0.2) is 0 Å². The second-order valence-corrected chi connectivity index (χ2v) is 5.36. The highest BCUT2D eigenvalue weighted by Crippen LogP contribution is 2.19. The lowest BCUT2D eigenvalue weighted by atomic mass is 10.1. The topological polar surface area (TPSA) is 32.3 Å². The lowest BCUT2D eigenvalue weighted by Gasteiger charge is -2.29. The molecule has 0 radical (unpaired) electrons. The highest BCUT2D eigenvalue weighted by atomic mass is 16.2. The van der Waals surface area contributed by atoms with Crippen molar-refractivity contribution in [3.63, 3.8) is 0 Å². The minimum atomic E-state index is 0.340. The van der Waals surface area contributed by atoms with Crippen molar-refractivity contribution in [3.05, 3.63) is 0 Å². The number of rotatable bonds is 5. The molecule has 3 heteroatoms. The molecule has 1 saturated heterocycles. The fourth-order valence-corrected chi connectivity index (χ4v) is 2.54. The first-order chi connectivity index (χ1) is 8.15. The van der Waals surface area contributed by atoms with E-state index in [-0.39, 0.29) is 0 Å². The number of hydrogen-bond donors (Lipinski definition) is 1. The summed E-state index contributed by atoms with van der Waals surface area (Å²) in [6.07, 6.45) is 6.69. The van der Waals surface area contributed by atoms with Gasteiger partial charge < -0.3 is 10.2 Å². The van der Waals surface area contributed by atoms with E-state index in [1.54, 1.807) is 0 Å². The summed E-state index contributed by atoms with van der Waals surface area (Å²) < 4.78 is 0. The summed E-state index contributed by atoms with van der Waals surface area (Å²) in [6, 6.07) is 0.956. The summed E-state index contributed by atoms with van der Waals surface area (Å²) in [7, 11) is 0. The standard InChI is InChI=1S/C14H28N2O/c1-4-13-8-6-5-7-11-16(13)14(17)9-10-15-12(2)3/h12-13,15H,4-11H2,1-3H3. The Balaban J connectivity index is 2.40. The maximum Gasteiger partial charge on any atom is 0.224 e. The second-order valence-electron chi connectivity index (χ2n) is 5.36. The van der Waals surface area contributed by atoms with Crippen LogP contribution in [0.1, 0.15) is 59.3 Å². The van der Waals surface area contributed by atoms with Crippen molar-refractivity contribution in [1.82, 2.24) is 10.2 Å². The molecule has 17 heavy (non-hydrogen) atoms. The number of carbonyl (C=O) groups excluding carboxylic acids is 1. The summed E-state index contributed by atoms with van der Waals surface area (Å²) in [5, 5.41) is 3.32. The molecule has 0 aromatic rings. The largest absolute Gasteiger partial charge is 0.340 e. The quantitative estimate of drug-likeness (QED) is 0.801. The van der Waals surface area contributed by atoms with Crippen molar-refractivity contribution in [2.75, 3.05) is 13.1 Å². The lowest BCUT2D eigenvalue weighted by Crippen LogP contribution is -2.41. The lowest BCUT2D eigenvalue weighted by molar-refractivity contribution is -0.133. The van der Waals surface area contributed by atoms with Gasteiger partial charge in [0.05, 0.1) is 0 Å². The van der Waals surface area contributed by atoms with Gasteiger partial charge in [-0.1, -0.05) is 33.6 Å². The molecule has 1 amide bonds. The Morgan fingerprint density at radius 3 is 2.76 bits per heavy atom. The van der Waals surface area contributed by atoms with E-state index in [1.807, 2.05) is 0 Å². The molecule has 1 heterocycles. The van der Waals surface area contributed by atoms with Gasteiger partial charge in [-0.15, -0.1) is 0 Å². The van der Waals surface area contributed by atoms with Gasteiger partial charge in [0.15, 0.2) is 0 Å². The summed E-state index contributed by atoms with van der Waals surface area (Å²) in [5.41, 5.74) is 0. The third-order valence-corrected chi connectivity index (χ3v) is 3.56. The molecule has 1 unspecified atom stereocenters. The van der Waals surface area contributed by atoms with Crippen LogP contribution in [0.15, 0.2) is 0 Å². The third-order valence-electron chi connectivity index (χ3n) is 3.56. The van der Waals surface area contributed by atoms with Crippen LogP contribution in [-0.4, -0.2) is 36.0 Å². The highest BCUT2D eigenvalue weighted by molar-refractivity contribution is 5.76. The molecule has 1 aliphatic heterocycles. The van der Waals surface area contributed by atoms with E-state index in [0.717, 1.165) is 19.5 Å². The van der Waals surface area contributed by atoms with Gasteiger partial charge in [0, 0.05) is 31.6 Å². The number of nitrogens with one attached hydrogen (secondary N) is 1. The van der Waals surface area contributed by atoms with Gasteiger partial charge in [-0.05, 0) is 19.3 Å². The van der Waals surface area contributed by atoms with E-state index in [4.69, 9.17) is 0 Å². The predicted molar refractivity (Wildman–Crippen MR) is 72.0 cm³/mol. The fourth-order valence-electron chi connectivity index (χ4n) is 2.54. The smallest absolute Gasteiger partial charge is 0.224 e. The average molecular weight is 240 g/mol. The first-order valence-electron chi connectivity index (χ1n) is 7.18. The second kappa shape index (κ2) is 7.70. The zero-order valence-corrected chi connectivity index (χ0v) is 11.7. The molecule has 1 fully saturated rings. The monoisotopic (exact) mass is 240 g/mol. The van der Waals surface area contributed by atoms with E-state index < -0.39 is 0 Å². The van der Waals surface area contributed by atoms with Crippen molar-refractivity contribution in [1.29, 1.82) is 0 Å². The minimum Gasteiger partial charge on any atom is -0.340 e. The van der Waals surface area contributed by atoms with Crippen LogP contribution in [0.2, 0.25) is 0 Å². The Morgan fingerprint density at radius 1 is 1.35 bits per heavy atom. The van der Waals surface area contributed by atoms with Crippen molar-refractivity contribution < 1.29 is 4.79 Å². The molecule has 0 saturated carbocycles. The molecule has 1 aliphatic rings. The molecule has 0 spiro atoms. The van der Waals surface area contributed by atoms with E-state index in [2.05, 4.69) is 31.0 Å². The summed E-state index contributed by atoms with van der Waals surface area (Å²) >= 11 is 0. The van der Waals surface area contributed by atoms with Crippen molar-refractivity contribution in [2.24, 2.45) is 0 Å². The van der Waals surface area contributed by atoms with Crippen LogP contribution in [0, 0.1) is 0 Å². The number of carbonyl (C=O) groups is 1. The molecule has 0 aromatic carbocycles. The van der Waals surface area contributed by atoms with E-state index in [0.29, 0.717) is 24.4 Å². The molecule has 1 N–H and O–H groups in total. The molecule has 1 rings (SSSR count). The number of hydrogen-bond acceptors (Lipinski definition) is 2. The fraction of sp³-hybridized carbons (Fsp3) is 0.929. The van der Waals surface area contributed by atoms with Crippen LogP contribution in [0.3, 0.4) is 0 Å². The first-order valence-corrected chi connectivity index (χ1v) is 7.18. The van der Waals surface area contributed by atoms with Gasteiger partial charge in [0.2, 0.25) is 5.91 Å². The third kappa shape index (κ3) is 5.07. The normalized spacial score (nSPS) is 21.6. The van der Waals surface area contributed by atoms with E-state index in [1.165, 1.54) is 25.7 Å². The molecule has 1 atom stereocenters. The van der Waals surface area contributed by atoms with Crippen LogP contribution < -0.4 is 5.32 Å². The molecule has 0 aliphatic carbocycles. The van der Waals surface area contributed by atoms with Gasteiger partial charge >= 0.3 is 0 Å². The Bertz CT molecular complexity index is 228. The maximum absolute atomic E-state index is 12.2. The van der Waals surface area contributed by atoms with E-state index >= 15 is 0 Å². The number of nitrogens with zero attached hydrogens (tertiary/aromatic N) is 1. The van der Waals surface area contributed by atoms with Crippen molar-refractivity contribution in [3.8, 4) is 0 Å². The van der Waals surface area contributed by atoms with Crippen LogP contribution in [0.5, 0.6) is 0 Å². The molecular weight excluding hydrogens is 212 g/mol. The molecule has 0 aromatic heterocycles. The van der Waals surface area contributed by atoms with Crippen LogP contribution in [0.25, 0.3) is 0 Å². The maximum atomic E-state index is 12.2. The van der Waals surface area contributed by atoms with Crippen molar-refractivity contribution in [2.45, 2.75) is 71.4 Å². The minimum absolute atomic E-state index is 0.340. The molecule has 3 nitrogen and oxygen atoms in total. The van der Waals surface area contributed by atoms with Gasteiger partial charge in [0.25, 0.3) is 0 Å². The zero-order valence-electron chi connectivity index (χ0n) is 11.7. The summed E-state index contributed by atoms with van der Waals surface area (Å²) in [5.74, 6) is 0.340. The predicted octanol–water partition coefficient (Wildman–Crippen LogP) is 2.56. The Morgan fingerprint density at radius 2 is 2.12 bits per heavy atom. The van der Waals surface area contributed by atoms with Crippen LogP contribution in [0.4, 0.5) is 0 Å². The molecular formula is C14H28N2O. The van der Waals surface area contributed by atoms with E-state index in [9.17, 15) is 4.79 Å². The molecule has 0 bridgehead atoms. The Hall–Kier alpha value is -0.570. The molecule has 100 valence electrons. The number of amides is 1. The van der Waals surface area contributed by atoms with Crippen molar-refractivity contribution >= 4 is 5.91 Å². The van der Waals surface area contributed by atoms with Crippen LogP contribution in [-0.2, 0) is 4.79 Å². The highest BCUT2D eigenvalue weighted by Gasteiger charge is 2.23. The van der Waals surface area contributed by atoms with Gasteiger partial charge in [-0.2, -0.15) is 0 Å². The first kappa shape index (κ1) is 14.5. The Kier molecular flexibility index (Phi) is 6.56. The number of likely N-dealkylation sites (tertiary alicyclic amines) is 1. The summed E-state index contributed by atoms with van der Waals surface area (Å²) in [6.45, 7) is 8.21.